The van der Waals surface area contributed by atoms with Gasteiger partial charge in [0.2, 0.25) is 0 Å². The van der Waals surface area contributed by atoms with Gasteiger partial charge >= 0.3 is 0 Å². The molecule has 122 heavy (non-hydrogen) atoms. The first-order valence-electron chi connectivity index (χ1n) is 42.8. The van der Waals surface area contributed by atoms with Gasteiger partial charge in [0.05, 0.1) is 33.6 Å². The number of fused-ring (bicyclic) bond motifs is 23. The second kappa shape index (κ2) is 27.1. The summed E-state index contributed by atoms with van der Waals surface area (Å²) in [6, 6.07) is 128. The van der Waals surface area contributed by atoms with Crippen LogP contribution in [-0.4, -0.2) is 19.9 Å². The van der Waals surface area contributed by atoms with E-state index in [-0.39, 0.29) is 5.41 Å². The van der Waals surface area contributed by atoms with Crippen LogP contribution in [0.15, 0.2) is 368 Å². The number of aryl methyl sites for hydroxylation is 1. The van der Waals surface area contributed by atoms with E-state index in [2.05, 4.69) is 372 Å². The average molecular weight is 1560 g/mol. The Morgan fingerprint density at radius 1 is 0.287 bits per heavy atom. The molecule has 25 rings (SSSR count). The molecule has 2 unspecified atom stereocenters. The number of hydrogen-bond acceptors (Lipinski definition) is 7. The van der Waals surface area contributed by atoms with Crippen LogP contribution in [0.3, 0.4) is 0 Å². The SMILES string of the molecule is CC1(C)c2ccccc2-c2ccc(-c3cc(-c4cccc(-c5cccc6c5Oc5ccccc5C65c6ccccc6-c6c(-c7ccc(-c8nc(-c9ccc(-c%10cccc%11c%12c(oc%10%11)C=CCC%12)cc9)cc(-c9cccc(-c%10cccc%11c%10Oc%10ccccc%10C%11%10C%11=C(CCCC%11)c%11ccccc%11%10)c9)n8)cc7)cccc65)c4)nc(-c4ccccc4)n3)cc21. The van der Waals surface area contributed by atoms with Gasteiger partial charge in [0.25, 0.3) is 0 Å². The number of benzene rings is 15. The molecule has 2 atom stereocenters. The number of ether oxygens (including phenoxy) is 2. The molecule has 7 heteroatoms. The summed E-state index contributed by atoms with van der Waals surface area (Å²) in [6.45, 7) is 4.66. The van der Waals surface area contributed by atoms with Crippen LogP contribution >= 0.6 is 0 Å². The predicted molar refractivity (Wildman–Crippen MR) is 492 cm³/mol. The quantitative estimate of drug-likeness (QED) is 0.135. The van der Waals surface area contributed by atoms with Crippen LogP contribution in [0.2, 0.25) is 0 Å². The molecule has 3 aromatic heterocycles. The maximum Gasteiger partial charge on any atom is 0.160 e. The van der Waals surface area contributed by atoms with Crippen LogP contribution in [0.1, 0.15) is 113 Å². The predicted octanol–water partition coefficient (Wildman–Crippen LogP) is 29.2. The van der Waals surface area contributed by atoms with Gasteiger partial charge in [-0.2, -0.15) is 0 Å². The number of hydrogen-bond donors (Lipinski definition) is 0. The van der Waals surface area contributed by atoms with Crippen molar-refractivity contribution >= 4 is 22.6 Å². The topological polar surface area (TPSA) is 83.2 Å². The van der Waals surface area contributed by atoms with Gasteiger partial charge in [-0.15, -0.1) is 0 Å². The first kappa shape index (κ1) is 70.1. The molecule has 0 radical (unpaired) electrons. The summed E-state index contributed by atoms with van der Waals surface area (Å²) in [5, 5.41) is 1.18. The molecule has 0 fully saturated rings. The molecular formula is C115H78N4O3. The monoisotopic (exact) mass is 1560 g/mol. The molecule has 7 aliphatic rings. The minimum absolute atomic E-state index is 0.172. The van der Waals surface area contributed by atoms with Crippen LogP contribution in [0, 0.1) is 0 Å². The summed E-state index contributed by atoms with van der Waals surface area (Å²) in [5.74, 6) is 5.70. The van der Waals surface area contributed by atoms with E-state index in [4.69, 9.17) is 33.8 Å². The van der Waals surface area contributed by atoms with Gasteiger partial charge in [-0.3, -0.25) is 0 Å². The fraction of sp³-hybridized carbons (Fsp3) is 0.0957. The van der Waals surface area contributed by atoms with Crippen molar-refractivity contribution in [3.8, 4) is 158 Å². The molecule has 2 spiro atoms. The Hall–Kier alpha value is -14.9. The molecule has 0 N–H and O–H groups in total. The van der Waals surface area contributed by atoms with Gasteiger partial charge in [-0.25, -0.2) is 19.9 Å². The highest BCUT2D eigenvalue weighted by molar-refractivity contribution is 6.00. The van der Waals surface area contributed by atoms with Gasteiger partial charge in [-0.05, 0) is 182 Å². The number of furan rings is 1. The third-order valence-electron chi connectivity index (χ3n) is 27.4. The lowest BCUT2D eigenvalue weighted by Gasteiger charge is -2.42. The van der Waals surface area contributed by atoms with Crippen LogP contribution in [0.5, 0.6) is 23.0 Å². The van der Waals surface area contributed by atoms with E-state index in [1.807, 2.05) is 6.07 Å². The summed E-state index contributed by atoms with van der Waals surface area (Å²) in [6.07, 6.45) is 10.8. The molecule has 0 amide bonds. The fourth-order valence-corrected chi connectivity index (χ4v) is 21.9. The maximum absolute atomic E-state index is 7.40. The zero-order valence-corrected chi connectivity index (χ0v) is 67.4. The largest absolute Gasteiger partial charge is 0.456 e. The Kier molecular flexibility index (Phi) is 15.6. The summed E-state index contributed by atoms with van der Waals surface area (Å²) in [4.78, 5) is 21.9. The third kappa shape index (κ3) is 10.4. The van der Waals surface area contributed by atoms with E-state index in [1.54, 1.807) is 0 Å². The Morgan fingerprint density at radius 2 is 0.730 bits per heavy atom. The van der Waals surface area contributed by atoms with E-state index in [9.17, 15) is 0 Å². The highest BCUT2D eigenvalue weighted by Crippen LogP contribution is 2.67. The molecule has 7 nitrogen and oxygen atoms in total. The molecular weight excluding hydrogens is 1490 g/mol. The van der Waals surface area contributed by atoms with Crippen molar-refractivity contribution in [1.82, 2.24) is 19.9 Å². The lowest BCUT2D eigenvalue weighted by molar-refractivity contribution is 0.432. The zero-order chi connectivity index (χ0) is 80.5. The highest BCUT2D eigenvalue weighted by Gasteiger charge is 2.55. The second-order valence-corrected chi connectivity index (χ2v) is 34.1. The molecule has 0 saturated heterocycles. The van der Waals surface area contributed by atoms with Gasteiger partial charge in [-0.1, -0.05) is 329 Å². The van der Waals surface area contributed by atoms with Crippen molar-refractivity contribution in [3.63, 3.8) is 0 Å². The lowest BCUT2D eigenvalue weighted by atomic mass is 9.63. The minimum Gasteiger partial charge on any atom is -0.456 e. The standard InChI is InChI=1S/C115H78N4O3/c1-113(2)90-42-11-6-32-83(90)86-63-62-78(66-99(86)113)103-68-102(117-111(119-103)72-26-4-3-5-27-72)77-31-21-29-75(65-77)82-40-25-50-98-110(82)122-106-53-19-16-47-95(106)115(98)93-45-14-9-36-89(93)107-79(37-23-48-96(107)115)69-56-60-73(61-57-69)112-116-100(71-58-54-70(55-59-71)80-38-22-41-88-87-35-10-17-51-104(87)120-108(80)88)67-101(118-112)76-30-20-28-74(64-76)81-39-24-49-97-109(81)121-105-52-18-15-46-94(105)114(97)91-43-12-7-33-84(91)85-34-8-13-44-92(85)114/h3-7,9,11-12,14-33,36-43,45-68H,8,10,13,34-35,44H2,1-2H3. The van der Waals surface area contributed by atoms with Gasteiger partial charge < -0.3 is 13.9 Å². The van der Waals surface area contributed by atoms with Gasteiger partial charge in [0, 0.05) is 88.7 Å². The molecule has 0 saturated carbocycles. The summed E-state index contributed by atoms with van der Waals surface area (Å²) in [5.41, 5.74) is 38.7. The van der Waals surface area contributed by atoms with E-state index in [1.165, 1.54) is 102 Å². The summed E-state index contributed by atoms with van der Waals surface area (Å²) >= 11 is 0. The molecule has 2 aliphatic heterocycles. The molecule has 576 valence electrons. The number of rotatable bonds is 10. The number of para-hydroxylation sites is 5. The summed E-state index contributed by atoms with van der Waals surface area (Å²) < 4.78 is 21.3. The Labute approximate surface area is 708 Å². The van der Waals surface area contributed by atoms with Crippen molar-refractivity contribution in [3.05, 3.63) is 430 Å². The van der Waals surface area contributed by atoms with Crippen LogP contribution in [-0.2, 0) is 22.7 Å². The molecule has 18 aromatic rings. The van der Waals surface area contributed by atoms with Crippen LogP contribution in [0.4, 0.5) is 0 Å². The van der Waals surface area contributed by atoms with Crippen LogP contribution < -0.4 is 9.47 Å². The molecule has 5 heterocycles. The number of allylic oxidation sites excluding steroid dienone is 3. The first-order chi connectivity index (χ1) is 60.2. The normalized spacial score (nSPS) is 16.6. The van der Waals surface area contributed by atoms with Gasteiger partial charge in [0.15, 0.2) is 11.6 Å². The van der Waals surface area contributed by atoms with E-state index in [0.29, 0.717) is 11.6 Å². The number of nitrogens with zero attached hydrogens (tertiary/aromatic N) is 4. The molecule has 15 aromatic carbocycles. The Morgan fingerprint density at radius 3 is 1.40 bits per heavy atom. The van der Waals surface area contributed by atoms with Crippen molar-refractivity contribution < 1.29 is 13.9 Å². The van der Waals surface area contributed by atoms with Gasteiger partial charge in [0.1, 0.15) is 34.3 Å². The van der Waals surface area contributed by atoms with Crippen molar-refractivity contribution in [2.75, 3.05) is 0 Å². The van der Waals surface area contributed by atoms with E-state index in [0.717, 1.165) is 172 Å². The number of aromatic nitrogens is 4. The zero-order valence-electron chi connectivity index (χ0n) is 67.4. The van der Waals surface area contributed by atoms with Crippen molar-refractivity contribution in [1.29, 1.82) is 0 Å². The fourth-order valence-electron chi connectivity index (χ4n) is 21.9. The average Bonchev–Trinajstić information content (AvgIpc) is 1.50. The van der Waals surface area contributed by atoms with Crippen molar-refractivity contribution in [2.45, 2.75) is 68.6 Å². The third-order valence-corrected chi connectivity index (χ3v) is 27.4. The smallest absolute Gasteiger partial charge is 0.160 e. The van der Waals surface area contributed by atoms with E-state index >= 15 is 0 Å². The summed E-state index contributed by atoms with van der Waals surface area (Å²) in [7, 11) is 0. The second-order valence-electron chi connectivity index (χ2n) is 34.1. The Balaban J connectivity index is 0.598. The Bertz CT molecular complexity index is 7550. The minimum atomic E-state index is -0.763. The van der Waals surface area contributed by atoms with E-state index < -0.39 is 10.8 Å². The van der Waals surface area contributed by atoms with Crippen LogP contribution in [0.25, 0.3) is 157 Å². The first-order valence-corrected chi connectivity index (χ1v) is 42.8. The highest BCUT2D eigenvalue weighted by atomic mass is 16.5. The lowest BCUT2D eigenvalue weighted by Crippen LogP contribution is -2.33. The molecule has 0 bridgehead atoms. The maximum atomic E-state index is 7.40. The molecule has 5 aliphatic carbocycles. The van der Waals surface area contributed by atoms with Crippen molar-refractivity contribution in [2.24, 2.45) is 0 Å².